The molecule has 0 saturated carbocycles. The SMILES string of the molecule is CC(=NNC(=O)C[n+]1cc[nH]c1C)c1ccc(O)cc1. The summed E-state index contributed by atoms with van der Waals surface area (Å²) in [5.41, 5.74) is 4.03. The summed E-state index contributed by atoms with van der Waals surface area (Å²) < 4.78 is 1.79. The van der Waals surface area contributed by atoms with Crippen LogP contribution in [0.4, 0.5) is 0 Å². The van der Waals surface area contributed by atoms with Crippen molar-refractivity contribution in [3.05, 3.63) is 48.0 Å². The predicted octanol–water partition coefficient (Wildman–Crippen LogP) is 0.857. The lowest BCUT2D eigenvalue weighted by atomic mass is 10.1. The molecule has 6 heteroatoms. The molecule has 2 aromatic rings. The molecule has 1 aromatic heterocycles. The van der Waals surface area contributed by atoms with E-state index in [0.717, 1.165) is 11.4 Å². The number of aromatic amines is 1. The van der Waals surface area contributed by atoms with Gasteiger partial charge in [0.15, 0.2) is 6.54 Å². The van der Waals surface area contributed by atoms with Gasteiger partial charge in [0.1, 0.15) is 18.1 Å². The largest absolute Gasteiger partial charge is 0.508 e. The van der Waals surface area contributed by atoms with Crippen LogP contribution in [-0.2, 0) is 11.3 Å². The van der Waals surface area contributed by atoms with Crippen molar-refractivity contribution in [3.8, 4) is 5.75 Å². The monoisotopic (exact) mass is 273 g/mol. The van der Waals surface area contributed by atoms with E-state index in [-0.39, 0.29) is 18.2 Å². The minimum absolute atomic E-state index is 0.198. The Morgan fingerprint density at radius 3 is 2.70 bits per heavy atom. The normalized spacial score (nSPS) is 11.4. The van der Waals surface area contributed by atoms with E-state index < -0.39 is 0 Å². The molecule has 1 amide bonds. The van der Waals surface area contributed by atoms with E-state index in [4.69, 9.17) is 0 Å². The number of benzene rings is 1. The molecule has 0 aliphatic heterocycles. The molecule has 0 unspecified atom stereocenters. The Bertz CT molecular complexity index is 629. The maximum Gasteiger partial charge on any atom is 0.282 e. The number of hydrazone groups is 1. The summed E-state index contributed by atoms with van der Waals surface area (Å²) in [4.78, 5) is 14.8. The highest BCUT2D eigenvalue weighted by Crippen LogP contribution is 2.10. The van der Waals surface area contributed by atoms with E-state index in [1.54, 1.807) is 48.1 Å². The number of phenols is 1. The number of imidazole rings is 1. The Morgan fingerprint density at radius 1 is 1.40 bits per heavy atom. The highest BCUT2D eigenvalue weighted by molar-refractivity contribution is 5.99. The number of phenolic OH excluding ortho intramolecular Hbond substituents is 1. The fourth-order valence-electron chi connectivity index (χ4n) is 1.72. The number of carbonyl (C=O) groups excluding carboxylic acids is 1. The fraction of sp³-hybridized carbons (Fsp3) is 0.214. The highest BCUT2D eigenvalue weighted by atomic mass is 16.3. The number of carbonyl (C=O) groups is 1. The Kier molecular flexibility index (Phi) is 4.14. The van der Waals surface area contributed by atoms with E-state index in [1.807, 2.05) is 6.92 Å². The second-order valence-corrected chi connectivity index (χ2v) is 4.45. The van der Waals surface area contributed by atoms with Crippen LogP contribution >= 0.6 is 0 Å². The van der Waals surface area contributed by atoms with Gasteiger partial charge in [-0.25, -0.2) is 15.0 Å². The van der Waals surface area contributed by atoms with Gasteiger partial charge < -0.3 is 5.11 Å². The van der Waals surface area contributed by atoms with Crippen LogP contribution in [0.3, 0.4) is 0 Å². The number of rotatable bonds is 4. The van der Waals surface area contributed by atoms with Gasteiger partial charge in [0.05, 0.1) is 5.71 Å². The molecule has 0 aliphatic carbocycles. The highest BCUT2D eigenvalue weighted by Gasteiger charge is 2.10. The molecule has 0 saturated heterocycles. The number of aromatic nitrogens is 2. The average molecular weight is 273 g/mol. The van der Waals surface area contributed by atoms with Crippen LogP contribution in [0.2, 0.25) is 0 Å². The number of hydrogen-bond donors (Lipinski definition) is 3. The molecular weight excluding hydrogens is 256 g/mol. The zero-order valence-corrected chi connectivity index (χ0v) is 11.4. The minimum atomic E-state index is -0.198. The molecule has 20 heavy (non-hydrogen) atoms. The molecule has 2 rings (SSSR count). The molecule has 1 aromatic carbocycles. The van der Waals surface area contributed by atoms with Crippen LogP contribution in [0.5, 0.6) is 5.75 Å². The third kappa shape index (κ3) is 3.44. The summed E-state index contributed by atoms with van der Waals surface area (Å²) in [6.45, 7) is 3.89. The number of nitrogens with one attached hydrogen (secondary N) is 2. The fourth-order valence-corrected chi connectivity index (χ4v) is 1.72. The number of aromatic hydroxyl groups is 1. The van der Waals surface area contributed by atoms with Crippen LogP contribution in [0.1, 0.15) is 18.3 Å². The third-order valence-electron chi connectivity index (χ3n) is 2.92. The first-order chi connectivity index (χ1) is 9.56. The standard InChI is InChI=1S/C14H16N4O2/c1-10(12-3-5-13(19)6-4-12)16-17-14(20)9-18-8-7-15-11(18)2/h3-8H,9H2,1-2H3,(H2,16,17,19,20)/p+1. The van der Waals surface area contributed by atoms with Crippen molar-refractivity contribution in [1.82, 2.24) is 10.4 Å². The van der Waals surface area contributed by atoms with E-state index in [1.165, 1.54) is 0 Å². The van der Waals surface area contributed by atoms with Crippen molar-refractivity contribution in [3.63, 3.8) is 0 Å². The van der Waals surface area contributed by atoms with Gasteiger partial charge in [0, 0.05) is 6.92 Å². The summed E-state index contributed by atoms with van der Waals surface area (Å²) in [6.07, 6.45) is 3.57. The first-order valence-corrected chi connectivity index (χ1v) is 6.22. The van der Waals surface area contributed by atoms with Gasteiger partial charge in [-0.05, 0) is 36.8 Å². The van der Waals surface area contributed by atoms with Crippen LogP contribution in [0.15, 0.2) is 41.8 Å². The molecule has 0 radical (unpaired) electrons. The van der Waals surface area contributed by atoms with E-state index in [2.05, 4.69) is 15.5 Å². The summed E-state index contributed by atoms with van der Waals surface area (Å²) >= 11 is 0. The van der Waals surface area contributed by atoms with Crippen LogP contribution in [0, 0.1) is 6.92 Å². The van der Waals surface area contributed by atoms with E-state index in [9.17, 15) is 9.90 Å². The number of nitrogens with zero attached hydrogens (tertiary/aromatic N) is 2. The molecule has 0 atom stereocenters. The predicted molar refractivity (Wildman–Crippen MR) is 74.2 cm³/mol. The zero-order chi connectivity index (χ0) is 14.5. The molecule has 0 spiro atoms. The van der Waals surface area contributed by atoms with Crippen molar-refractivity contribution in [2.45, 2.75) is 20.4 Å². The van der Waals surface area contributed by atoms with Gasteiger partial charge in [-0.15, -0.1) is 0 Å². The van der Waals surface area contributed by atoms with Crippen molar-refractivity contribution >= 4 is 11.6 Å². The van der Waals surface area contributed by atoms with Crippen molar-refractivity contribution in [2.75, 3.05) is 0 Å². The molecule has 104 valence electrons. The summed E-state index contributed by atoms with van der Waals surface area (Å²) in [5, 5.41) is 13.3. The van der Waals surface area contributed by atoms with Crippen molar-refractivity contribution < 1.29 is 14.5 Å². The zero-order valence-electron chi connectivity index (χ0n) is 11.4. The van der Waals surface area contributed by atoms with Gasteiger partial charge in [-0.2, -0.15) is 5.10 Å². The average Bonchev–Trinajstić information content (AvgIpc) is 2.82. The van der Waals surface area contributed by atoms with Crippen molar-refractivity contribution in [1.29, 1.82) is 0 Å². The van der Waals surface area contributed by atoms with Gasteiger partial charge >= 0.3 is 0 Å². The van der Waals surface area contributed by atoms with Crippen LogP contribution in [-0.4, -0.2) is 21.7 Å². The summed E-state index contributed by atoms with van der Waals surface area (Å²) in [6, 6.07) is 6.64. The third-order valence-corrected chi connectivity index (χ3v) is 2.92. The molecule has 1 heterocycles. The van der Waals surface area contributed by atoms with E-state index in [0.29, 0.717) is 5.71 Å². The Balaban J connectivity index is 1.96. The molecule has 6 nitrogen and oxygen atoms in total. The number of hydrogen-bond acceptors (Lipinski definition) is 3. The molecule has 0 bridgehead atoms. The Labute approximate surface area is 116 Å². The van der Waals surface area contributed by atoms with Crippen LogP contribution in [0.25, 0.3) is 0 Å². The lowest BCUT2D eigenvalue weighted by Crippen LogP contribution is -2.42. The maximum absolute atomic E-state index is 11.8. The molecule has 3 N–H and O–H groups in total. The quantitative estimate of drug-likeness (QED) is 0.438. The first kappa shape index (κ1) is 13.8. The number of H-pyrrole nitrogens is 1. The lowest BCUT2D eigenvalue weighted by molar-refractivity contribution is -0.689. The number of amides is 1. The second kappa shape index (κ2) is 6.01. The minimum Gasteiger partial charge on any atom is -0.508 e. The lowest BCUT2D eigenvalue weighted by Gasteiger charge is -2.02. The van der Waals surface area contributed by atoms with Crippen molar-refractivity contribution in [2.24, 2.45) is 5.10 Å². The maximum atomic E-state index is 11.8. The van der Waals surface area contributed by atoms with E-state index >= 15 is 0 Å². The number of aryl methyl sites for hydroxylation is 1. The summed E-state index contributed by atoms with van der Waals surface area (Å²) in [5.74, 6) is 0.903. The summed E-state index contributed by atoms with van der Waals surface area (Å²) in [7, 11) is 0. The Morgan fingerprint density at radius 2 is 2.10 bits per heavy atom. The van der Waals surface area contributed by atoms with Crippen LogP contribution < -0.4 is 9.99 Å². The second-order valence-electron chi connectivity index (χ2n) is 4.45. The molecule has 0 fully saturated rings. The molecular formula is C14H17N4O2+. The molecule has 0 aliphatic rings. The van der Waals surface area contributed by atoms with Gasteiger partial charge in [-0.3, -0.25) is 4.79 Å². The first-order valence-electron chi connectivity index (χ1n) is 6.22. The topological polar surface area (TPSA) is 81.4 Å². The van der Waals surface area contributed by atoms with Gasteiger partial charge in [0.2, 0.25) is 0 Å². The van der Waals surface area contributed by atoms with Gasteiger partial charge in [-0.1, -0.05) is 0 Å². The smallest absolute Gasteiger partial charge is 0.282 e. The Hall–Kier alpha value is -2.63. The van der Waals surface area contributed by atoms with Gasteiger partial charge in [0.25, 0.3) is 11.7 Å².